The van der Waals surface area contributed by atoms with Crippen molar-refractivity contribution in [1.29, 1.82) is 0 Å². The maximum absolute atomic E-state index is 11.3. The van der Waals surface area contributed by atoms with Crippen LogP contribution < -0.4 is 0 Å². The van der Waals surface area contributed by atoms with Gasteiger partial charge in [0.25, 0.3) is 0 Å². The molecule has 25 heavy (non-hydrogen) atoms. The lowest BCUT2D eigenvalue weighted by Crippen LogP contribution is -2.09. The van der Waals surface area contributed by atoms with E-state index in [4.69, 9.17) is 9.47 Å². The monoisotopic (exact) mass is 350 g/mol. The van der Waals surface area contributed by atoms with Crippen molar-refractivity contribution in [3.63, 3.8) is 0 Å². The zero-order valence-corrected chi connectivity index (χ0v) is 16.2. The molecule has 1 rings (SSSR count). The van der Waals surface area contributed by atoms with Gasteiger partial charge in [-0.15, -0.1) is 0 Å². The van der Waals surface area contributed by atoms with E-state index in [9.17, 15) is 9.59 Å². The average molecular weight is 350 g/mol. The summed E-state index contributed by atoms with van der Waals surface area (Å²) in [5.74, 6) is 0.825. The van der Waals surface area contributed by atoms with Gasteiger partial charge in [-0.3, -0.25) is 9.59 Å². The molecule has 4 heteroatoms. The molecule has 0 amide bonds. The third kappa shape index (κ3) is 10.1. The molecule has 0 aliphatic heterocycles. The summed E-state index contributed by atoms with van der Waals surface area (Å²) in [6.07, 6.45) is 15.5. The van der Waals surface area contributed by atoms with E-state index in [0.717, 1.165) is 24.2 Å². The third-order valence-corrected chi connectivity index (χ3v) is 4.38. The summed E-state index contributed by atoms with van der Waals surface area (Å²) < 4.78 is 10.6. The van der Waals surface area contributed by atoms with Crippen LogP contribution in [-0.4, -0.2) is 11.9 Å². The van der Waals surface area contributed by atoms with Crippen molar-refractivity contribution in [1.82, 2.24) is 0 Å². The van der Waals surface area contributed by atoms with Crippen molar-refractivity contribution in [2.24, 2.45) is 0 Å². The van der Waals surface area contributed by atoms with Crippen LogP contribution >= 0.6 is 0 Å². The third-order valence-electron chi connectivity index (χ3n) is 4.38. The zero-order chi connectivity index (χ0) is 18.5. The van der Waals surface area contributed by atoms with E-state index in [2.05, 4.69) is 6.92 Å². The number of allylic oxidation sites excluding steroid dienone is 4. The van der Waals surface area contributed by atoms with E-state index >= 15 is 0 Å². The Kier molecular flexibility index (Phi) is 10.9. The van der Waals surface area contributed by atoms with E-state index in [1.165, 1.54) is 65.2 Å². The molecule has 0 aromatic carbocycles. The Morgan fingerprint density at radius 2 is 1.40 bits per heavy atom. The first-order valence-corrected chi connectivity index (χ1v) is 9.82. The molecule has 0 heterocycles. The maximum atomic E-state index is 11.3. The number of hydrogen-bond acceptors (Lipinski definition) is 4. The number of hydrogen-bond donors (Lipinski definition) is 0. The van der Waals surface area contributed by atoms with Gasteiger partial charge in [0.05, 0.1) is 0 Å². The summed E-state index contributed by atoms with van der Waals surface area (Å²) in [6.45, 7) is 5.08. The molecule has 0 aromatic heterocycles. The molecular formula is C21H34O4. The first kappa shape index (κ1) is 21.5. The predicted molar refractivity (Wildman–Crippen MR) is 99.7 cm³/mol. The molecule has 142 valence electrons. The van der Waals surface area contributed by atoms with E-state index in [1.54, 1.807) is 0 Å². The fraction of sp³-hybridized carbons (Fsp3) is 0.714. The van der Waals surface area contributed by atoms with Gasteiger partial charge in [-0.25, -0.2) is 0 Å². The van der Waals surface area contributed by atoms with Crippen LogP contribution in [0.2, 0.25) is 0 Å². The first-order chi connectivity index (χ1) is 12.0. The van der Waals surface area contributed by atoms with E-state index in [-0.39, 0.29) is 11.9 Å². The molecule has 1 aliphatic rings. The van der Waals surface area contributed by atoms with Gasteiger partial charge < -0.3 is 9.47 Å². The Labute approximate surface area is 152 Å². The summed E-state index contributed by atoms with van der Waals surface area (Å²) >= 11 is 0. The lowest BCUT2D eigenvalue weighted by atomic mass is 9.97. The number of unbranched alkanes of at least 4 members (excludes halogenated alkanes) is 8. The van der Waals surface area contributed by atoms with E-state index in [1.807, 2.05) is 6.08 Å². The highest BCUT2D eigenvalue weighted by Gasteiger charge is 2.18. The van der Waals surface area contributed by atoms with Crippen LogP contribution in [0.4, 0.5) is 0 Å². The maximum Gasteiger partial charge on any atom is 0.307 e. The second kappa shape index (κ2) is 12.7. The van der Waals surface area contributed by atoms with Crippen molar-refractivity contribution in [2.45, 2.75) is 97.8 Å². The summed E-state index contributed by atoms with van der Waals surface area (Å²) in [6, 6.07) is 0. The Morgan fingerprint density at radius 3 is 1.96 bits per heavy atom. The molecule has 0 aromatic rings. The second-order valence-electron chi connectivity index (χ2n) is 6.82. The number of ether oxygens (including phenoxy) is 2. The SMILES string of the molecule is CCCCCCCCCCCC1=C(OC(C)=O)CCC(OC(C)=O)=C1. The molecule has 0 N–H and O–H groups in total. The van der Waals surface area contributed by atoms with Crippen LogP contribution in [0, 0.1) is 0 Å². The van der Waals surface area contributed by atoms with Crippen LogP contribution in [0.15, 0.2) is 23.2 Å². The summed E-state index contributed by atoms with van der Waals surface area (Å²) in [4.78, 5) is 22.4. The quantitative estimate of drug-likeness (QED) is 0.321. The topological polar surface area (TPSA) is 52.6 Å². The van der Waals surface area contributed by atoms with Crippen LogP contribution in [0.1, 0.15) is 97.8 Å². The second-order valence-corrected chi connectivity index (χ2v) is 6.82. The molecular weight excluding hydrogens is 316 g/mol. The normalized spacial score (nSPS) is 14.3. The van der Waals surface area contributed by atoms with Crippen molar-refractivity contribution < 1.29 is 19.1 Å². The Balaban J connectivity index is 2.39. The number of rotatable bonds is 12. The Morgan fingerprint density at radius 1 is 0.840 bits per heavy atom. The zero-order valence-electron chi connectivity index (χ0n) is 16.2. The standard InChI is InChI=1S/C21H34O4/c1-4-5-6-7-8-9-10-11-12-13-19-16-20(24-17(2)22)14-15-21(19)25-18(3)23/h16H,4-15H2,1-3H3. The van der Waals surface area contributed by atoms with Crippen LogP contribution in [-0.2, 0) is 19.1 Å². The van der Waals surface area contributed by atoms with Gasteiger partial charge in [-0.2, -0.15) is 0 Å². The lowest BCUT2D eigenvalue weighted by Gasteiger charge is -2.19. The average Bonchev–Trinajstić information content (AvgIpc) is 2.54. The summed E-state index contributed by atoms with van der Waals surface area (Å²) in [5, 5.41) is 0. The van der Waals surface area contributed by atoms with Gasteiger partial charge in [0.15, 0.2) is 0 Å². The molecule has 0 fully saturated rings. The van der Waals surface area contributed by atoms with Crippen LogP contribution in [0.25, 0.3) is 0 Å². The minimum absolute atomic E-state index is 0.288. The van der Waals surface area contributed by atoms with Gasteiger partial charge in [-0.05, 0) is 24.5 Å². The highest BCUT2D eigenvalue weighted by atomic mass is 16.5. The van der Waals surface area contributed by atoms with Gasteiger partial charge in [0.2, 0.25) is 0 Å². The fourth-order valence-electron chi connectivity index (χ4n) is 3.14. The highest BCUT2D eigenvalue weighted by molar-refractivity contribution is 5.68. The summed E-state index contributed by atoms with van der Waals surface area (Å²) in [5.41, 5.74) is 1.00. The smallest absolute Gasteiger partial charge is 0.307 e. The number of carbonyl (C=O) groups excluding carboxylic acids is 2. The van der Waals surface area contributed by atoms with Crippen LogP contribution in [0.5, 0.6) is 0 Å². The van der Waals surface area contributed by atoms with Gasteiger partial charge in [0, 0.05) is 26.7 Å². The van der Waals surface area contributed by atoms with E-state index < -0.39 is 0 Å². The number of carbonyl (C=O) groups is 2. The molecule has 0 bridgehead atoms. The predicted octanol–water partition coefficient (Wildman–Crippen LogP) is 5.97. The fourth-order valence-corrected chi connectivity index (χ4v) is 3.14. The van der Waals surface area contributed by atoms with Crippen molar-refractivity contribution in [3.05, 3.63) is 23.2 Å². The molecule has 0 saturated heterocycles. The molecule has 0 unspecified atom stereocenters. The lowest BCUT2D eigenvalue weighted by molar-refractivity contribution is -0.139. The minimum atomic E-state index is -0.301. The summed E-state index contributed by atoms with van der Waals surface area (Å²) in [7, 11) is 0. The number of esters is 2. The van der Waals surface area contributed by atoms with Gasteiger partial charge in [0.1, 0.15) is 11.5 Å². The van der Waals surface area contributed by atoms with Crippen LogP contribution in [0.3, 0.4) is 0 Å². The highest BCUT2D eigenvalue weighted by Crippen LogP contribution is 2.29. The van der Waals surface area contributed by atoms with Crippen molar-refractivity contribution in [3.8, 4) is 0 Å². The molecule has 1 aliphatic carbocycles. The van der Waals surface area contributed by atoms with E-state index in [0.29, 0.717) is 18.6 Å². The first-order valence-electron chi connectivity index (χ1n) is 9.82. The molecule has 0 spiro atoms. The molecule has 4 nitrogen and oxygen atoms in total. The van der Waals surface area contributed by atoms with Crippen molar-refractivity contribution in [2.75, 3.05) is 0 Å². The largest absolute Gasteiger partial charge is 0.431 e. The Bertz CT molecular complexity index is 488. The van der Waals surface area contributed by atoms with Crippen molar-refractivity contribution >= 4 is 11.9 Å². The molecule has 0 atom stereocenters. The molecule has 0 saturated carbocycles. The Hall–Kier alpha value is -1.58. The molecule has 0 radical (unpaired) electrons. The van der Waals surface area contributed by atoms with Gasteiger partial charge in [-0.1, -0.05) is 58.3 Å². The van der Waals surface area contributed by atoms with Gasteiger partial charge >= 0.3 is 11.9 Å². The minimum Gasteiger partial charge on any atom is -0.431 e.